The molecule has 25 heavy (non-hydrogen) atoms. The van der Waals surface area contributed by atoms with E-state index in [1.54, 1.807) is 23.9 Å². The monoisotopic (exact) mass is 360 g/mol. The van der Waals surface area contributed by atoms with Crippen LogP contribution in [0, 0.1) is 0 Å². The van der Waals surface area contributed by atoms with Crippen molar-refractivity contribution < 1.29 is 20.1 Å². The summed E-state index contributed by atoms with van der Waals surface area (Å²) in [6.07, 6.45) is 2.09. The SMILES string of the molecule is O=C(O)CCC[C@@H](O)[C@@H](CCc1ccccc1)Sc1ccc(O)cc1. The number of aromatic hydroxyl groups is 1. The van der Waals surface area contributed by atoms with Gasteiger partial charge in [0.1, 0.15) is 5.75 Å². The number of thioether (sulfide) groups is 1. The second-order valence-electron chi connectivity index (χ2n) is 6.03. The van der Waals surface area contributed by atoms with Gasteiger partial charge < -0.3 is 15.3 Å². The molecule has 0 spiro atoms. The van der Waals surface area contributed by atoms with Crippen LogP contribution in [0.25, 0.3) is 0 Å². The molecule has 0 aromatic heterocycles. The lowest BCUT2D eigenvalue weighted by Crippen LogP contribution is -2.24. The third-order valence-corrected chi connectivity index (χ3v) is 5.40. The van der Waals surface area contributed by atoms with Crippen molar-refractivity contribution >= 4 is 17.7 Å². The van der Waals surface area contributed by atoms with Crippen molar-refractivity contribution in [2.45, 2.75) is 48.4 Å². The lowest BCUT2D eigenvalue weighted by Gasteiger charge is -2.22. The summed E-state index contributed by atoms with van der Waals surface area (Å²) in [4.78, 5) is 11.7. The van der Waals surface area contributed by atoms with Crippen LogP contribution >= 0.6 is 11.8 Å². The second-order valence-corrected chi connectivity index (χ2v) is 7.34. The lowest BCUT2D eigenvalue weighted by atomic mass is 10.0. The molecule has 4 nitrogen and oxygen atoms in total. The number of aryl methyl sites for hydroxylation is 1. The highest BCUT2D eigenvalue weighted by atomic mass is 32.2. The van der Waals surface area contributed by atoms with Crippen LogP contribution in [-0.4, -0.2) is 32.6 Å². The first-order chi connectivity index (χ1) is 12.0. The number of hydrogen-bond donors (Lipinski definition) is 3. The molecular formula is C20H24O4S. The average molecular weight is 360 g/mol. The molecule has 0 radical (unpaired) electrons. The number of aliphatic carboxylic acids is 1. The summed E-state index contributed by atoms with van der Waals surface area (Å²) in [7, 11) is 0. The zero-order valence-corrected chi connectivity index (χ0v) is 14.9. The van der Waals surface area contributed by atoms with Crippen molar-refractivity contribution in [3.63, 3.8) is 0 Å². The number of aliphatic hydroxyl groups is 1. The van der Waals surface area contributed by atoms with Crippen molar-refractivity contribution in [1.82, 2.24) is 0 Å². The smallest absolute Gasteiger partial charge is 0.303 e. The molecule has 2 aromatic rings. The van der Waals surface area contributed by atoms with E-state index in [1.807, 2.05) is 30.3 Å². The fourth-order valence-corrected chi connectivity index (χ4v) is 3.80. The van der Waals surface area contributed by atoms with Gasteiger partial charge in [0.15, 0.2) is 0 Å². The minimum absolute atomic E-state index is 0.0291. The minimum Gasteiger partial charge on any atom is -0.508 e. The van der Waals surface area contributed by atoms with Gasteiger partial charge in [0, 0.05) is 16.6 Å². The predicted molar refractivity (Wildman–Crippen MR) is 100 cm³/mol. The lowest BCUT2D eigenvalue weighted by molar-refractivity contribution is -0.137. The maximum absolute atomic E-state index is 10.7. The Morgan fingerprint density at radius 2 is 1.68 bits per heavy atom. The summed E-state index contributed by atoms with van der Waals surface area (Å²) in [6.45, 7) is 0. The van der Waals surface area contributed by atoms with Gasteiger partial charge in [-0.25, -0.2) is 0 Å². The molecule has 0 bridgehead atoms. The Hall–Kier alpha value is -1.98. The normalized spacial score (nSPS) is 13.3. The Morgan fingerprint density at radius 3 is 2.32 bits per heavy atom. The van der Waals surface area contributed by atoms with Crippen LogP contribution in [0.2, 0.25) is 0 Å². The molecule has 3 N–H and O–H groups in total. The number of phenols is 1. The van der Waals surface area contributed by atoms with Crippen LogP contribution in [-0.2, 0) is 11.2 Å². The number of carboxylic acids is 1. The van der Waals surface area contributed by atoms with Crippen LogP contribution < -0.4 is 0 Å². The molecule has 0 aliphatic rings. The van der Waals surface area contributed by atoms with E-state index in [0.29, 0.717) is 12.8 Å². The minimum atomic E-state index is -0.834. The number of carboxylic acid groups (broad SMARTS) is 1. The maximum Gasteiger partial charge on any atom is 0.303 e. The molecule has 0 unspecified atom stereocenters. The summed E-state index contributed by atoms with van der Waals surface area (Å²) >= 11 is 1.58. The summed E-state index contributed by atoms with van der Waals surface area (Å²) in [5.41, 5.74) is 1.22. The second kappa shape index (κ2) is 10.1. The van der Waals surface area contributed by atoms with E-state index >= 15 is 0 Å². The molecule has 0 saturated heterocycles. The number of hydrogen-bond acceptors (Lipinski definition) is 4. The highest BCUT2D eigenvalue weighted by molar-refractivity contribution is 8.00. The van der Waals surface area contributed by atoms with Crippen LogP contribution in [0.4, 0.5) is 0 Å². The van der Waals surface area contributed by atoms with Gasteiger partial charge in [0.2, 0.25) is 0 Å². The van der Waals surface area contributed by atoms with E-state index in [1.165, 1.54) is 5.56 Å². The predicted octanol–water partition coefficient (Wildman–Crippen LogP) is 4.10. The first-order valence-corrected chi connectivity index (χ1v) is 9.32. The first kappa shape index (κ1) is 19.3. The molecule has 0 aliphatic carbocycles. The fourth-order valence-electron chi connectivity index (χ4n) is 2.63. The third-order valence-electron chi connectivity index (χ3n) is 4.00. The van der Waals surface area contributed by atoms with Gasteiger partial charge in [-0.05, 0) is 55.5 Å². The molecule has 0 saturated carbocycles. The fraction of sp³-hybridized carbons (Fsp3) is 0.350. The molecule has 0 amide bonds. The van der Waals surface area contributed by atoms with Crippen molar-refractivity contribution in [3.8, 4) is 5.75 Å². The summed E-state index contributed by atoms with van der Waals surface area (Å²) in [5, 5.41) is 28.7. The Bertz CT molecular complexity index is 643. The Kier molecular flexibility index (Phi) is 7.82. The molecule has 0 fully saturated rings. The number of aliphatic hydroxyl groups excluding tert-OH is 1. The van der Waals surface area contributed by atoms with Crippen LogP contribution in [0.15, 0.2) is 59.5 Å². The van der Waals surface area contributed by atoms with E-state index < -0.39 is 12.1 Å². The third kappa shape index (κ3) is 7.20. The van der Waals surface area contributed by atoms with Gasteiger partial charge >= 0.3 is 5.97 Å². The molecule has 2 rings (SSSR count). The van der Waals surface area contributed by atoms with Gasteiger partial charge in [-0.3, -0.25) is 4.79 Å². The highest BCUT2D eigenvalue weighted by Crippen LogP contribution is 2.31. The summed E-state index contributed by atoms with van der Waals surface area (Å²) in [5.74, 6) is -0.619. The molecule has 0 aliphatic heterocycles. The first-order valence-electron chi connectivity index (χ1n) is 8.44. The van der Waals surface area contributed by atoms with Crippen molar-refractivity contribution in [1.29, 1.82) is 0 Å². The summed E-state index contributed by atoms with van der Waals surface area (Å²) in [6, 6.07) is 17.0. The Balaban J connectivity index is 1.98. The van der Waals surface area contributed by atoms with E-state index in [2.05, 4.69) is 12.1 Å². The van der Waals surface area contributed by atoms with E-state index in [0.717, 1.165) is 17.7 Å². The number of rotatable bonds is 10. The standard InChI is InChI=1S/C20H24O4S/c21-16-10-12-17(13-11-16)25-19(18(22)7-4-8-20(23)24)14-9-15-5-2-1-3-6-15/h1-3,5-6,10-13,18-19,21-22H,4,7-9,14H2,(H,23,24)/t18-,19-/m1/s1. The van der Waals surface area contributed by atoms with Gasteiger partial charge in [-0.2, -0.15) is 0 Å². The van der Waals surface area contributed by atoms with Crippen molar-refractivity contribution in [2.75, 3.05) is 0 Å². The number of benzene rings is 2. The highest BCUT2D eigenvalue weighted by Gasteiger charge is 2.20. The number of phenolic OH excluding ortho intramolecular Hbond substituents is 1. The van der Waals surface area contributed by atoms with E-state index in [-0.39, 0.29) is 17.4 Å². The molecule has 2 aromatic carbocycles. The van der Waals surface area contributed by atoms with Crippen LogP contribution in [0.3, 0.4) is 0 Å². The molecular weight excluding hydrogens is 336 g/mol. The molecule has 2 atom stereocenters. The summed E-state index contributed by atoms with van der Waals surface area (Å²) < 4.78 is 0. The Labute approximate surface area is 152 Å². The van der Waals surface area contributed by atoms with Gasteiger partial charge in [0.05, 0.1) is 6.10 Å². The Morgan fingerprint density at radius 1 is 1.00 bits per heavy atom. The number of carbonyl (C=O) groups is 1. The van der Waals surface area contributed by atoms with E-state index in [4.69, 9.17) is 5.11 Å². The molecule has 134 valence electrons. The molecule has 5 heteroatoms. The average Bonchev–Trinajstić information content (AvgIpc) is 2.60. The van der Waals surface area contributed by atoms with Gasteiger partial charge in [-0.1, -0.05) is 30.3 Å². The zero-order chi connectivity index (χ0) is 18.1. The largest absolute Gasteiger partial charge is 0.508 e. The van der Waals surface area contributed by atoms with Crippen LogP contribution in [0.5, 0.6) is 5.75 Å². The van der Waals surface area contributed by atoms with Crippen LogP contribution in [0.1, 0.15) is 31.2 Å². The van der Waals surface area contributed by atoms with Crippen molar-refractivity contribution in [3.05, 3.63) is 60.2 Å². The van der Waals surface area contributed by atoms with Crippen molar-refractivity contribution in [2.24, 2.45) is 0 Å². The van der Waals surface area contributed by atoms with Gasteiger partial charge in [0.25, 0.3) is 0 Å². The topological polar surface area (TPSA) is 77.8 Å². The van der Waals surface area contributed by atoms with Gasteiger partial charge in [-0.15, -0.1) is 11.8 Å². The molecule has 0 heterocycles. The zero-order valence-electron chi connectivity index (χ0n) is 14.0. The quantitative estimate of drug-likeness (QED) is 0.556. The van der Waals surface area contributed by atoms with E-state index in [9.17, 15) is 15.0 Å². The maximum atomic E-state index is 10.7.